The number of halogens is 1. The predicted molar refractivity (Wildman–Crippen MR) is 121 cm³/mol. The fourth-order valence-corrected chi connectivity index (χ4v) is 4.01. The van der Waals surface area contributed by atoms with Crippen LogP contribution in [-0.2, 0) is 18.4 Å². The van der Waals surface area contributed by atoms with Crippen molar-refractivity contribution >= 4 is 19.5 Å². The van der Waals surface area contributed by atoms with Crippen LogP contribution in [-0.4, -0.2) is 72.1 Å². The first kappa shape index (κ1) is 30.9. The fourth-order valence-electron chi connectivity index (χ4n) is 3.07. The Morgan fingerprint density at radius 3 is 2.23 bits per heavy atom. The molecule has 0 saturated carbocycles. The van der Waals surface area contributed by atoms with Crippen molar-refractivity contribution in [2.45, 2.75) is 57.3 Å². The number of rotatable bonds is 18. The van der Waals surface area contributed by atoms with Crippen molar-refractivity contribution in [3.63, 3.8) is 0 Å². The summed E-state index contributed by atoms with van der Waals surface area (Å²) in [5, 5.41) is 31.9. The van der Waals surface area contributed by atoms with E-state index in [1.165, 1.54) is 27.2 Å². The monoisotopic (exact) mass is 524 g/mol. The van der Waals surface area contributed by atoms with E-state index in [-0.39, 0.29) is 16.8 Å². The molecule has 12 nitrogen and oxygen atoms in total. The van der Waals surface area contributed by atoms with Crippen molar-refractivity contribution in [3.05, 3.63) is 34.1 Å². The zero-order valence-corrected chi connectivity index (χ0v) is 21.0. The Hall–Kier alpha value is -2.15. The van der Waals surface area contributed by atoms with E-state index >= 15 is 0 Å². The van der Waals surface area contributed by atoms with Gasteiger partial charge in [-0.25, -0.2) is 4.57 Å². The predicted octanol–water partition coefficient (Wildman–Crippen LogP) is 2.82. The number of unbranched alkanes of at least 4 members (excludes halogenated alkanes) is 5. The Labute approximate surface area is 203 Å². The molecule has 35 heavy (non-hydrogen) atoms. The number of phosphoric ester groups is 1. The second kappa shape index (κ2) is 14.4. The van der Waals surface area contributed by atoms with Crippen molar-refractivity contribution in [1.82, 2.24) is 0 Å². The molecule has 14 heteroatoms. The summed E-state index contributed by atoms with van der Waals surface area (Å²) in [5.41, 5.74) is -0.607. The Bertz CT molecular complexity index is 880. The molecule has 2 N–H and O–H groups in total. The van der Waals surface area contributed by atoms with E-state index in [1.807, 2.05) is 0 Å². The van der Waals surface area contributed by atoms with Gasteiger partial charge in [0.05, 0.1) is 45.7 Å². The summed E-state index contributed by atoms with van der Waals surface area (Å²) in [6, 6.07) is 3.37. The summed E-state index contributed by atoms with van der Waals surface area (Å²) in [7, 11) is -0.00890. The number of quaternary nitrogens is 1. The van der Waals surface area contributed by atoms with Gasteiger partial charge in [0, 0.05) is 18.4 Å². The van der Waals surface area contributed by atoms with Gasteiger partial charge in [-0.15, -0.1) is 0 Å². The molecule has 0 radical (unpaired) electrons. The van der Waals surface area contributed by atoms with Gasteiger partial charge in [0.25, 0.3) is 0 Å². The topological polar surface area (TPSA) is 168 Å². The number of hydrogen-bond acceptors (Lipinski definition) is 8. The number of ether oxygens (including phenoxy) is 1. The number of hydrogen-bond donors (Lipinski definition) is 2. The van der Waals surface area contributed by atoms with Crippen LogP contribution in [0.15, 0.2) is 18.2 Å². The lowest BCUT2D eigenvalue weighted by molar-refractivity contribution is -0.973. The average Bonchev–Trinajstić information content (AvgIpc) is 2.72. The zero-order valence-electron chi connectivity index (χ0n) is 20.1. The normalized spacial score (nSPS) is 15.3. The summed E-state index contributed by atoms with van der Waals surface area (Å²) < 4.78 is 40.6. The first-order chi connectivity index (χ1) is 16.2. The maximum atomic E-state index is 13.5. The second-order valence-corrected chi connectivity index (χ2v) is 10.3. The molecular formula is C21H34FN2O10P. The Morgan fingerprint density at radius 1 is 1.14 bits per heavy atom. The van der Waals surface area contributed by atoms with E-state index in [0.717, 1.165) is 31.4 Å². The Balaban J connectivity index is 2.22. The second-order valence-electron chi connectivity index (χ2n) is 8.89. The van der Waals surface area contributed by atoms with Gasteiger partial charge in [0.15, 0.2) is 0 Å². The van der Waals surface area contributed by atoms with Gasteiger partial charge in [-0.1, -0.05) is 25.7 Å². The van der Waals surface area contributed by atoms with Gasteiger partial charge >= 0.3 is 19.5 Å². The molecule has 0 saturated heterocycles. The van der Waals surface area contributed by atoms with Gasteiger partial charge in [-0.2, -0.15) is 4.39 Å². The van der Waals surface area contributed by atoms with Crippen molar-refractivity contribution in [1.29, 1.82) is 0 Å². The summed E-state index contributed by atoms with van der Waals surface area (Å²) in [6.45, 7) is 0.243. The zero-order chi connectivity index (χ0) is 26.6. The summed E-state index contributed by atoms with van der Waals surface area (Å²) in [5.74, 6) is -2.06. The highest BCUT2D eigenvalue weighted by Gasteiger charge is 2.34. The van der Waals surface area contributed by atoms with Crippen LogP contribution >= 0.6 is 7.82 Å². The minimum Gasteiger partial charge on any atom is -0.804 e. The molecule has 3 atom stereocenters. The standard InChI is InChI=1S/C21H34FN2O10P/c1-24(2,3)21(27)19(15-20(25)26)34-35(30,31)33-13-9-7-5-4-6-8-12-32-16-10-11-18(23(28)29)17(22)14-16/h10-11,14,19,21H,4-9,12-13,15H2,1-3H3,(H,25,26)(H,30,31)/t19-,21?/m1/s1. The number of nitro benzene ring substituents is 1. The van der Waals surface area contributed by atoms with E-state index in [9.17, 15) is 33.9 Å². The van der Waals surface area contributed by atoms with Gasteiger partial charge in [-0.3, -0.25) is 24.0 Å². The minimum absolute atomic E-state index is 0.0870. The molecule has 0 fully saturated rings. The number of benzene rings is 1. The van der Waals surface area contributed by atoms with Gasteiger partial charge in [0.2, 0.25) is 5.82 Å². The molecule has 0 spiro atoms. The Kier molecular flexibility index (Phi) is 12.7. The van der Waals surface area contributed by atoms with Crippen LogP contribution in [0.25, 0.3) is 0 Å². The molecule has 0 aliphatic carbocycles. The maximum absolute atomic E-state index is 13.5. The summed E-state index contributed by atoms with van der Waals surface area (Å²) in [4.78, 5) is 30.6. The lowest BCUT2D eigenvalue weighted by Gasteiger charge is -2.42. The highest BCUT2D eigenvalue weighted by atomic mass is 31.2. The third-order valence-corrected chi connectivity index (χ3v) is 5.95. The highest BCUT2D eigenvalue weighted by molar-refractivity contribution is 7.47. The van der Waals surface area contributed by atoms with E-state index in [1.54, 1.807) is 0 Å². The number of nitrogens with zero attached hydrogens (tertiary/aromatic N) is 2. The number of carboxylic acid groups (broad SMARTS) is 1. The van der Waals surface area contributed by atoms with Gasteiger partial charge in [-0.05, 0) is 18.9 Å². The third kappa shape index (κ3) is 12.4. The molecule has 1 rings (SSSR count). The van der Waals surface area contributed by atoms with Crippen molar-refractivity contribution in [2.75, 3.05) is 34.4 Å². The van der Waals surface area contributed by atoms with Gasteiger partial charge in [0.1, 0.15) is 11.9 Å². The first-order valence-electron chi connectivity index (χ1n) is 11.1. The minimum atomic E-state index is -4.59. The molecule has 200 valence electrons. The number of carboxylic acids is 1. The molecule has 1 aromatic rings. The Morgan fingerprint density at radius 2 is 1.71 bits per heavy atom. The summed E-state index contributed by atoms with van der Waals surface area (Å²) >= 11 is 0. The van der Waals surface area contributed by atoms with Crippen molar-refractivity contribution < 1.29 is 52.0 Å². The fraction of sp³-hybridized carbons (Fsp3) is 0.667. The van der Waals surface area contributed by atoms with Crippen LogP contribution in [0.5, 0.6) is 5.75 Å². The van der Waals surface area contributed by atoms with Crippen LogP contribution in [0.1, 0.15) is 44.9 Å². The van der Waals surface area contributed by atoms with Crippen LogP contribution in [0.3, 0.4) is 0 Å². The molecule has 0 aliphatic heterocycles. The number of likely N-dealkylation sites (N-methyl/N-ethyl adjacent to an activating group) is 1. The quantitative estimate of drug-likeness (QED) is 0.0727. The number of carbonyl (C=O) groups is 1. The number of aliphatic carboxylic acids is 1. The molecule has 0 amide bonds. The first-order valence-corrected chi connectivity index (χ1v) is 12.6. The molecule has 0 heterocycles. The highest BCUT2D eigenvalue weighted by Crippen LogP contribution is 2.45. The largest absolute Gasteiger partial charge is 0.804 e. The average molecular weight is 524 g/mol. The van der Waals surface area contributed by atoms with Crippen LogP contribution in [0.2, 0.25) is 0 Å². The lowest BCUT2D eigenvalue weighted by Crippen LogP contribution is -2.60. The van der Waals surface area contributed by atoms with Crippen LogP contribution < -0.4 is 9.84 Å². The van der Waals surface area contributed by atoms with Gasteiger partial charge < -0.3 is 24.3 Å². The SMILES string of the molecule is C[N+](C)(C)C([O-])[C@@H](CC(=O)O)OP(=O)(O)OCCCCCCCCOc1ccc([N+](=O)[O-])c(F)c1. The molecule has 1 aromatic carbocycles. The lowest BCUT2D eigenvalue weighted by atomic mass is 10.1. The number of phosphoric acid groups is 1. The molecule has 0 aliphatic rings. The van der Waals surface area contributed by atoms with Crippen LogP contribution in [0.4, 0.5) is 10.1 Å². The molecule has 0 bridgehead atoms. The molecule has 2 unspecified atom stereocenters. The maximum Gasteiger partial charge on any atom is 0.472 e. The van der Waals surface area contributed by atoms with E-state index in [4.69, 9.17) is 18.9 Å². The molecular weight excluding hydrogens is 490 g/mol. The van der Waals surface area contributed by atoms with Crippen LogP contribution in [0, 0.1) is 15.9 Å². The van der Waals surface area contributed by atoms with Crippen molar-refractivity contribution in [3.8, 4) is 5.75 Å². The number of nitro groups is 1. The van der Waals surface area contributed by atoms with Crippen molar-refractivity contribution in [2.24, 2.45) is 0 Å². The summed E-state index contributed by atoms with van der Waals surface area (Å²) in [6.07, 6.45) is 0.507. The van der Waals surface area contributed by atoms with E-state index in [2.05, 4.69) is 0 Å². The van der Waals surface area contributed by atoms with E-state index in [0.29, 0.717) is 25.9 Å². The third-order valence-electron chi connectivity index (χ3n) is 4.90. The van der Waals surface area contributed by atoms with E-state index < -0.39 is 49.0 Å². The molecule has 0 aromatic heterocycles. The smallest absolute Gasteiger partial charge is 0.472 e.